The van der Waals surface area contributed by atoms with Gasteiger partial charge in [0.2, 0.25) is 0 Å². The van der Waals surface area contributed by atoms with E-state index < -0.39 is 23.7 Å². The Labute approximate surface area is 113 Å². The van der Waals surface area contributed by atoms with E-state index in [1.165, 1.54) is 18.4 Å². The van der Waals surface area contributed by atoms with Gasteiger partial charge in [0.15, 0.2) is 0 Å². The van der Waals surface area contributed by atoms with Gasteiger partial charge in [-0.2, -0.15) is 13.2 Å². The zero-order valence-corrected chi connectivity index (χ0v) is 10.6. The number of rotatable bonds is 3. The standard InChI is InChI=1S/C14H12F3NO2/c1-9(12-6-3-7-20-12)18-13(19)10-4-2-5-11(8-10)14(15,16)17/h2-9H,1H3,(H,18,19)/t9-/m1/s1. The van der Waals surface area contributed by atoms with Gasteiger partial charge in [0, 0.05) is 5.56 Å². The SMILES string of the molecule is C[C@@H](NC(=O)c1cccc(C(F)(F)F)c1)c1ccco1. The Balaban J connectivity index is 2.14. The Hall–Kier alpha value is -2.24. The minimum absolute atomic E-state index is 0.0433. The number of benzene rings is 1. The van der Waals surface area contributed by atoms with Crippen LogP contribution in [0.25, 0.3) is 0 Å². The van der Waals surface area contributed by atoms with E-state index in [0.717, 1.165) is 12.1 Å². The molecule has 0 spiro atoms. The minimum Gasteiger partial charge on any atom is -0.467 e. The second-order valence-corrected chi connectivity index (χ2v) is 4.29. The van der Waals surface area contributed by atoms with E-state index in [0.29, 0.717) is 5.76 Å². The smallest absolute Gasteiger partial charge is 0.416 e. The highest BCUT2D eigenvalue weighted by Crippen LogP contribution is 2.29. The minimum atomic E-state index is -4.47. The first-order chi connectivity index (χ1) is 9.38. The molecule has 0 aliphatic heterocycles. The molecule has 20 heavy (non-hydrogen) atoms. The van der Waals surface area contributed by atoms with Gasteiger partial charge in [-0.15, -0.1) is 0 Å². The predicted molar refractivity (Wildman–Crippen MR) is 66.0 cm³/mol. The van der Waals surface area contributed by atoms with Crippen LogP contribution in [0, 0.1) is 0 Å². The molecule has 0 unspecified atom stereocenters. The Kier molecular flexibility index (Phi) is 3.83. The number of nitrogens with one attached hydrogen (secondary N) is 1. The number of alkyl halides is 3. The zero-order valence-electron chi connectivity index (χ0n) is 10.6. The molecule has 1 N–H and O–H groups in total. The lowest BCUT2D eigenvalue weighted by Crippen LogP contribution is -2.26. The van der Waals surface area contributed by atoms with Crippen molar-refractivity contribution in [1.82, 2.24) is 5.32 Å². The Morgan fingerprint density at radius 1 is 1.25 bits per heavy atom. The number of carbonyl (C=O) groups excluding carboxylic acids is 1. The topological polar surface area (TPSA) is 42.2 Å². The normalized spacial score (nSPS) is 13.0. The van der Waals surface area contributed by atoms with Crippen molar-refractivity contribution in [1.29, 1.82) is 0 Å². The molecule has 0 radical (unpaired) electrons. The highest BCUT2D eigenvalue weighted by Gasteiger charge is 2.31. The third-order valence-corrected chi connectivity index (χ3v) is 2.77. The lowest BCUT2D eigenvalue weighted by atomic mass is 10.1. The van der Waals surface area contributed by atoms with Gasteiger partial charge in [0.1, 0.15) is 5.76 Å². The fourth-order valence-electron chi connectivity index (χ4n) is 1.73. The molecule has 2 rings (SSSR count). The molecule has 1 amide bonds. The second kappa shape index (κ2) is 5.40. The van der Waals surface area contributed by atoms with Crippen LogP contribution < -0.4 is 5.32 Å². The van der Waals surface area contributed by atoms with Crippen molar-refractivity contribution >= 4 is 5.91 Å². The van der Waals surface area contributed by atoms with E-state index in [1.807, 2.05) is 0 Å². The third kappa shape index (κ3) is 3.20. The van der Waals surface area contributed by atoms with Crippen molar-refractivity contribution < 1.29 is 22.4 Å². The lowest BCUT2D eigenvalue weighted by molar-refractivity contribution is -0.137. The van der Waals surface area contributed by atoms with E-state index in [1.54, 1.807) is 19.1 Å². The molecule has 0 fully saturated rings. The Bertz CT molecular complexity index is 591. The van der Waals surface area contributed by atoms with Crippen molar-refractivity contribution in [2.45, 2.75) is 19.1 Å². The molecule has 6 heteroatoms. The van der Waals surface area contributed by atoms with Crippen LogP contribution in [-0.2, 0) is 6.18 Å². The van der Waals surface area contributed by atoms with Crippen LogP contribution >= 0.6 is 0 Å². The van der Waals surface area contributed by atoms with Crippen LogP contribution in [0.1, 0.15) is 34.6 Å². The van der Waals surface area contributed by atoms with Gasteiger partial charge < -0.3 is 9.73 Å². The lowest BCUT2D eigenvalue weighted by Gasteiger charge is -2.12. The summed E-state index contributed by atoms with van der Waals surface area (Å²) in [6, 6.07) is 7.21. The van der Waals surface area contributed by atoms with Crippen molar-refractivity contribution in [2.24, 2.45) is 0 Å². The fraction of sp³-hybridized carbons (Fsp3) is 0.214. The zero-order chi connectivity index (χ0) is 14.8. The van der Waals surface area contributed by atoms with Crippen LogP contribution in [0.4, 0.5) is 13.2 Å². The number of hydrogen-bond acceptors (Lipinski definition) is 2. The molecule has 1 atom stereocenters. The van der Waals surface area contributed by atoms with E-state index in [-0.39, 0.29) is 5.56 Å². The first kappa shape index (κ1) is 14.2. The van der Waals surface area contributed by atoms with Gasteiger partial charge in [-0.05, 0) is 37.3 Å². The summed E-state index contributed by atoms with van der Waals surface area (Å²) >= 11 is 0. The molecule has 0 bridgehead atoms. The monoisotopic (exact) mass is 283 g/mol. The summed E-state index contributed by atoms with van der Waals surface area (Å²) in [4.78, 5) is 11.9. The fourth-order valence-corrected chi connectivity index (χ4v) is 1.73. The summed E-state index contributed by atoms with van der Waals surface area (Å²) < 4.78 is 42.8. The largest absolute Gasteiger partial charge is 0.467 e. The van der Waals surface area contributed by atoms with Crippen LogP contribution in [-0.4, -0.2) is 5.91 Å². The number of carbonyl (C=O) groups is 1. The Morgan fingerprint density at radius 3 is 2.60 bits per heavy atom. The first-order valence-electron chi connectivity index (χ1n) is 5.89. The average Bonchev–Trinajstić information content (AvgIpc) is 2.91. The highest BCUT2D eigenvalue weighted by molar-refractivity contribution is 5.94. The molecule has 3 nitrogen and oxygen atoms in total. The van der Waals surface area contributed by atoms with Crippen molar-refractivity contribution in [2.75, 3.05) is 0 Å². The van der Waals surface area contributed by atoms with Crippen LogP contribution in [0.3, 0.4) is 0 Å². The second-order valence-electron chi connectivity index (χ2n) is 4.29. The number of furan rings is 1. The van der Waals surface area contributed by atoms with Crippen LogP contribution in [0.2, 0.25) is 0 Å². The van der Waals surface area contributed by atoms with E-state index in [2.05, 4.69) is 5.32 Å². The molecular formula is C14H12F3NO2. The summed E-state index contributed by atoms with van der Waals surface area (Å²) in [6.07, 6.45) is -3.01. The van der Waals surface area contributed by atoms with E-state index in [9.17, 15) is 18.0 Å². The molecule has 2 aromatic rings. The quantitative estimate of drug-likeness (QED) is 0.931. The van der Waals surface area contributed by atoms with Gasteiger partial charge in [0.25, 0.3) is 5.91 Å². The predicted octanol–water partition coefficient (Wildman–Crippen LogP) is 3.79. The summed E-state index contributed by atoms with van der Waals surface area (Å²) in [6.45, 7) is 1.68. The van der Waals surface area contributed by atoms with Gasteiger partial charge >= 0.3 is 6.18 Å². The highest BCUT2D eigenvalue weighted by atomic mass is 19.4. The summed E-state index contributed by atoms with van der Waals surface area (Å²) in [5.41, 5.74) is -0.894. The molecule has 1 aromatic carbocycles. The van der Waals surface area contributed by atoms with Crippen LogP contribution in [0.15, 0.2) is 47.1 Å². The molecule has 0 aliphatic rings. The maximum atomic E-state index is 12.6. The van der Waals surface area contributed by atoms with Crippen molar-refractivity contribution in [3.8, 4) is 0 Å². The van der Waals surface area contributed by atoms with Crippen molar-refractivity contribution in [3.05, 3.63) is 59.5 Å². The molecule has 0 saturated heterocycles. The molecule has 1 heterocycles. The average molecular weight is 283 g/mol. The molecule has 106 valence electrons. The van der Waals surface area contributed by atoms with Gasteiger partial charge in [0.05, 0.1) is 17.9 Å². The number of halogens is 3. The maximum absolute atomic E-state index is 12.6. The summed E-state index contributed by atoms with van der Waals surface area (Å²) in [5.74, 6) is -0.0506. The van der Waals surface area contributed by atoms with Crippen molar-refractivity contribution in [3.63, 3.8) is 0 Å². The summed E-state index contributed by atoms with van der Waals surface area (Å²) in [5, 5.41) is 2.58. The molecule has 1 aromatic heterocycles. The van der Waals surface area contributed by atoms with E-state index >= 15 is 0 Å². The number of hydrogen-bond donors (Lipinski definition) is 1. The van der Waals surface area contributed by atoms with Gasteiger partial charge in [-0.1, -0.05) is 6.07 Å². The maximum Gasteiger partial charge on any atom is 0.416 e. The van der Waals surface area contributed by atoms with E-state index in [4.69, 9.17) is 4.42 Å². The van der Waals surface area contributed by atoms with Gasteiger partial charge in [-0.25, -0.2) is 0 Å². The first-order valence-corrected chi connectivity index (χ1v) is 5.89. The van der Waals surface area contributed by atoms with Gasteiger partial charge in [-0.3, -0.25) is 4.79 Å². The Morgan fingerprint density at radius 2 is 2.00 bits per heavy atom. The molecular weight excluding hydrogens is 271 g/mol. The van der Waals surface area contributed by atoms with Crippen LogP contribution in [0.5, 0.6) is 0 Å². The summed E-state index contributed by atoms with van der Waals surface area (Å²) in [7, 11) is 0. The number of amides is 1. The molecule has 0 aliphatic carbocycles. The molecule has 0 saturated carbocycles. The third-order valence-electron chi connectivity index (χ3n) is 2.77.